The average molecular weight is 343 g/mol. The molecule has 3 rings (SSSR count). The topological polar surface area (TPSA) is 49.5 Å². The first-order valence-corrected chi connectivity index (χ1v) is 8.87. The van der Waals surface area contributed by atoms with Crippen molar-refractivity contribution in [3.63, 3.8) is 0 Å². The highest BCUT2D eigenvalue weighted by atomic mass is 35.5. The van der Waals surface area contributed by atoms with Crippen LogP contribution in [0.1, 0.15) is 31.2 Å². The van der Waals surface area contributed by atoms with Crippen molar-refractivity contribution in [2.24, 2.45) is 17.6 Å². The van der Waals surface area contributed by atoms with Crippen LogP contribution in [0.25, 0.3) is 0 Å². The number of benzene rings is 1. The SMILES string of the molecule is NC1CC(CC(O)C2CC2)CN(Cc2ccc(Cl)c(Cl)c2)C1. The third kappa shape index (κ3) is 4.36. The molecule has 1 aromatic carbocycles. The summed E-state index contributed by atoms with van der Waals surface area (Å²) in [5.74, 6) is 1.03. The molecule has 0 amide bonds. The fraction of sp³-hybridized carbons (Fsp3) is 0.647. The van der Waals surface area contributed by atoms with E-state index >= 15 is 0 Å². The molecule has 2 fully saturated rings. The zero-order chi connectivity index (χ0) is 15.7. The lowest BCUT2D eigenvalue weighted by Crippen LogP contribution is -2.47. The van der Waals surface area contributed by atoms with Gasteiger partial charge in [0.05, 0.1) is 16.1 Å². The van der Waals surface area contributed by atoms with Gasteiger partial charge in [-0.05, 0) is 55.2 Å². The number of hydrogen-bond donors (Lipinski definition) is 2. The molecule has 3 atom stereocenters. The van der Waals surface area contributed by atoms with Crippen molar-refractivity contribution in [1.29, 1.82) is 0 Å². The van der Waals surface area contributed by atoms with E-state index in [4.69, 9.17) is 28.9 Å². The lowest BCUT2D eigenvalue weighted by molar-refractivity contribution is 0.0781. The number of aliphatic hydroxyl groups is 1. The molecule has 0 radical (unpaired) electrons. The van der Waals surface area contributed by atoms with E-state index in [9.17, 15) is 5.11 Å². The third-order valence-electron chi connectivity index (χ3n) is 4.78. The summed E-state index contributed by atoms with van der Waals surface area (Å²) in [5.41, 5.74) is 7.38. The number of likely N-dealkylation sites (tertiary alicyclic amines) is 1. The molecule has 1 aromatic rings. The van der Waals surface area contributed by atoms with Gasteiger partial charge < -0.3 is 10.8 Å². The van der Waals surface area contributed by atoms with Crippen LogP contribution in [0.4, 0.5) is 0 Å². The molecule has 3 nitrogen and oxygen atoms in total. The lowest BCUT2D eigenvalue weighted by atomic mass is 9.88. The second kappa shape index (κ2) is 7.06. The third-order valence-corrected chi connectivity index (χ3v) is 5.52. The normalized spacial score (nSPS) is 27.8. The van der Waals surface area contributed by atoms with Crippen LogP contribution in [0, 0.1) is 11.8 Å². The molecule has 0 bridgehead atoms. The molecule has 1 aliphatic heterocycles. The van der Waals surface area contributed by atoms with Crippen molar-refractivity contribution in [3.8, 4) is 0 Å². The Hall–Kier alpha value is -0.320. The molecule has 5 heteroatoms. The van der Waals surface area contributed by atoms with Gasteiger partial charge in [-0.1, -0.05) is 29.3 Å². The van der Waals surface area contributed by atoms with Crippen LogP contribution in [0.2, 0.25) is 10.0 Å². The quantitative estimate of drug-likeness (QED) is 0.862. The maximum atomic E-state index is 10.2. The van der Waals surface area contributed by atoms with E-state index in [0.29, 0.717) is 21.9 Å². The largest absolute Gasteiger partial charge is 0.393 e. The van der Waals surface area contributed by atoms with Gasteiger partial charge in [0.2, 0.25) is 0 Å². The zero-order valence-electron chi connectivity index (χ0n) is 12.7. The molecule has 1 saturated carbocycles. The van der Waals surface area contributed by atoms with Gasteiger partial charge in [0.15, 0.2) is 0 Å². The van der Waals surface area contributed by atoms with E-state index in [2.05, 4.69) is 4.90 Å². The van der Waals surface area contributed by atoms with Gasteiger partial charge in [-0.3, -0.25) is 4.90 Å². The summed E-state index contributed by atoms with van der Waals surface area (Å²) in [4.78, 5) is 2.37. The van der Waals surface area contributed by atoms with Gasteiger partial charge in [0, 0.05) is 25.7 Å². The summed E-state index contributed by atoms with van der Waals surface area (Å²) in [6.07, 6.45) is 4.14. The maximum absolute atomic E-state index is 10.2. The summed E-state index contributed by atoms with van der Waals surface area (Å²) < 4.78 is 0. The van der Waals surface area contributed by atoms with E-state index in [-0.39, 0.29) is 12.1 Å². The smallest absolute Gasteiger partial charge is 0.0595 e. The summed E-state index contributed by atoms with van der Waals surface area (Å²) in [6, 6.07) is 5.98. The minimum atomic E-state index is -0.137. The lowest BCUT2D eigenvalue weighted by Gasteiger charge is -2.37. The molecule has 3 unspecified atom stereocenters. The second-order valence-electron chi connectivity index (χ2n) is 6.94. The monoisotopic (exact) mass is 342 g/mol. The highest BCUT2D eigenvalue weighted by Gasteiger charge is 2.33. The summed E-state index contributed by atoms with van der Waals surface area (Å²) in [7, 11) is 0. The molecule has 2 aliphatic rings. The molecule has 1 saturated heterocycles. The van der Waals surface area contributed by atoms with E-state index < -0.39 is 0 Å². The predicted molar refractivity (Wildman–Crippen MR) is 91.2 cm³/mol. The Labute approximate surface area is 142 Å². The van der Waals surface area contributed by atoms with Crippen LogP contribution in [-0.4, -0.2) is 35.2 Å². The fourth-order valence-electron chi connectivity index (χ4n) is 3.56. The van der Waals surface area contributed by atoms with Gasteiger partial charge in [-0.25, -0.2) is 0 Å². The molecule has 3 N–H and O–H groups in total. The van der Waals surface area contributed by atoms with Gasteiger partial charge in [-0.2, -0.15) is 0 Å². The van der Waals surface area contributed by atoms with Gasteiger partial charge in [-0.15, -0.1) is 0 Å². The predicted octanol–water partition coefficient (Wildman–Crippen LogP) is 3.30. The maximum Gasteiger partial charge on any atom is 0.0595 e. The minimum Gasteiger partial charge on any atom is -0.393 e. The summed E-state index contributed by atoms with van der Waals surface area (Å²) in [5, 5.41) is 11.4. The van der Waals surface area contributed by atoms with Crippen LogP contribution in [0.5, 0.6) is 0 Å². The van der Waals surface area contributed by atoms with Crippen molar-refractivity contribution in [2.45, 2.75) is 44.4 Å². The van der Waals surface area contributed by atoms with Crippen LogP contribution >= 0.6 is 23.2 Å². The van der Waals surface area contributed by atoms with Crippen molar-refractivity contribution >= 4 is 23.2 Å². The first-order chi connectivity index (χ1) is 10.5. The van der Waals surface area contributed by atoms with Crippen molar-refractivity contribution in [2.75, 3.05) is 13.1 Å². The number of rotatable bonds is 5. The fourth-order valence-corrected chi connectivity index (χ4v) is 3.88. The Morgan fingerprint density at radius 1 is 1.23 bits per heavy atom. The first kappa shape index (κ1) is 16.5. The molecule has 22 heavy (non-hydrogen) atoms. The number of nitrogens with two attached hydrogens (primary N) is 1. The van der Waals surface area contributed by atoms with Crippen molar-refractivity contribution < 1.29 is 5.11 Å². The Morgan fingerprint density at radius 3 is 2.68 bits per heavy atom. The standard InChI is InChI=1S/C17H24Cl2N2O/c18-15-4-1-11(6-16(15)19)8-21-9-12(5-14(20)10-21)7-17(22)13-2-3-13/h1,4,6,12-14,17,22H,2-3,5,7-10,20H2. The first-order valence-electron chi connectivity index (χ1n) is 8.11. The molecule has 1 heterocycles. The number of piperidine rings is 1. The highest BCUT2D eigenvalue weighted by molar-refractivity contribution is 6.42. The summed E-state index contributed by atoms with van der Waals surface area (Å²) in [6.45, 7) is 2.73. The zero-order valence-corrected chi connectivity index (χ0v) is 14.2. The second-order valence-corrected chi connectivity index (χ2v) is 7.76. The van der Waals surface area contributed by atoms with Crippen LogP contribution < -0.4 is 5.73 Å². The Bertz CT molecular complexity index is 521. The van der Waals surface area contributed by atoms with Gasteiger partial charge >= 0.3 is 0 Å². The number of hydrogen-bond acceptors (Lipinski definition) is 3. The van der Waals surface area contributed by atoms with Gasteiger partial charge in [0.25, 0.3) is 0 Å². The summed E-state index contributed by atoms with van der Waals surface area (Å²) >= 11 is 12.1. The molecular formula is C17H24Cl2N2O. The highest BCUT2D eigenvalue weighted by Crippen LogP contribution is 2.36. The van der Waals surface area contributed by atoms with E-state index in [1.165, 1.54) is 12.8 Å². The molecule has 0 aromatic heterocycles. The van der Waals surface area contributed by atoms with Crippen molar-refractivity contribution in [1.82, 2.24) is 4.90 Å². The van der Waals surface area contributed by atoms with Gasteiger partial charge in [0.1, 0.15) is 0 Å². The molecule has 122 valence electrons. The van der Waals surface area contributed by atoms with E-state index in [0.717, 1.165) is 38.0 Å². The minimum absolute atomic E-state index is 0.137. The molecule has 0 spiro atoms. The molecular weight excluding hydrogens is 319 g/mol. The van der Waals surface area contributed by atoms with Crippen LogP contribution in [0.3, 0.4) is 0 Å². The van der Waals surface area contributed by atoms with Crippen LogP contribution in [0.15, 0.2) is 18.2 Å². The Morgan fingerprint density at radius 2 is 2.00 bits per heavy atom. The Kier molecular flexibility index (Phi) is 5.31. The van der Waals surface area contributed by atoms with E-state index in [1.54, 1.807) is 0 Å². The van der Waals surface area contributed by atoms with Crippen molar-refractivity contribution in [3.05, 3.63) is 33.8 Å². The number of halogens is 2. The average Bonchev–Trinajstić information content (AvgIpc) is 3.26. The number of nitrogens with zero attached hydrogens (tertiary/aromatic N) is 1. The van der Waals surface area contributed by atoms with Crippen LogP contribution in [-0.2, 0) is 6.54 Å². The number of aliphatic hydroxyl groups excluding tert-OH is 1. The Balaban J connectivity index is 1.58. The van der Waals surface area contributed by atoms with E-state index in [1.807, 2.05) is 18.2 Å². The molecule has 1 aliphatic carbocycles.